The van der Waals surface area contributed by atoms with Crippen molar-refractivity contribution in [3.63, 3.8) is 0 Å². The molecule has 2 aromatic carbocycles. The number of fused-ring (bicyclic) bond motifs is 1. The Morgan fingerprint density at radius 3 is 2.48 bits per heavy atom. The molecule has 1 aliphatic rings. The van der Waals surface area contributed by atoms with E-state index in [0.717, 1.165) is 54.0 Å². The number of rotatable bonds is 10. The van der Waals surface area contributed by atoms with E-state index >= 15 is 0 Å². The van der Waals surface area contributed by atoms with Gasteiger partial charge in [0.2, 0.25) is 0 Å². The molecular weight excluding hydrogens is 576 g/mol. The summed E-state index contributed by atoms with van der Waals surface area (Å²) in [5, 5.41) is 1.40. The molecule has 0 N–H and O–H groups in total. The third-order valence-corrected chi connectivity index (χ3v) is 8.90. The Kier molecular flexibility index (Phi) is 8.77. The third kappa shape index (κ3) is 6.39. The molecule has 6 rings (SSSR count). The van der Waals surface area contributed by atoms with Gasteiger partial charge in [-0.3, -0.25) is 14.6 Å². The molecule has 4 heterocycles. The number of aryl methyl sites for hydroxylation is 1. The number of carbonyl (C=O) groups is 1. The van der Waals surface area contributed by atoms with Crippen molar-refractivity contribution in [3.05, 3.63) is 99.4 Å². The van der Waals surface area contributed by atoms with Gasteiger partial charge in [-0.1, -0.05) is 29.8 Å². The van der Waals surface area contributed by atoms with E-state index in [-0.39, 0.29) is 23.2 Å². The van der Waals surface area contributed by atoms with Crippen molar-refractivity contribution < 1.29 is 23.7 Å². The molecule has 3 aromatic heterocycles. The first kappa shape index (κ1) is 29.6. The smallest absolute Gasteiger partial charge is 0.200 e. The summed E-state index contributed by atoms with van der Waals surface area (Å²) >= 11 is 1.38. The van der Waals surface area contributed by atoms with Gasteiger partial charge in [-0.05, 0) is 55.5 Å². The van der Waals surface area contributed by atoms with Crippen LogP contribution in [-0.2, 0) is 17.7 Å². The average Bonchev–Trinajstić information content (AvgIpc) is 3.48. The summed E-state index contributed by atoms with van der Waals surface area (Å²) in [6, 6.07) is 17.0. The summed E-state index contributed by atoms with van der Waals surface area (Å²) in [6.45, 7) is 4.22. The number of hydrogen-bond donors (Lipinski definition) is 0. The Morgan fingerprint density at radius 2 is 1.73 bits per heavy atom. The average molecular weight is 611 g/mol. The summed E-state index contributed by atoms with van der Waals surface area (Å²) in [5.41, 5.74) is 3.11. The monoisotopic (exact) mass is 610 g/mol. The highest BCUT2D eigenvalue weighted by Crippen LogP contribution is 2.38. The Hall–Kier alpha value is -4.47. The lowest BCUT2D eigenvalue weighted by molar-refractivity contribution is 0.0612. The van der Waals surface area contributed by atoms with Crippen LogP contribution in [0.4, 0.5) is 0 Å². The van der Waals surface area contributed by atoms with Crippen LogP contribution in [0.5, 0.6) is 22.3 Å². The predicted molar refractivity (Wildman–Crippen MR) is 172 cm³/mol. The van der Waals surface area contributed by atoms with E-state index in [1.54, 1.807) is 38.7 Å². The predicted octanol–water partition coefficient (Wildman–Crippen LogP) is 7.09. The summed E-state index contributed by atoms with van der Waals surface area (Å²) in [5.74, 6) is 1.98. The fourth-order valence-electron chi connectivity index (χ4n) is 5.51. The number of methoxy groups -OCH3 is 2. The molecule has 0 atom stereocenters. The quantitative estimate of drug-likeness (QED) is 0.156. The van der Waals surface area contributed by atoms with E-state index in [0.29, 0.717) is 39.3 Å². The van der Waals surface area contributed by atoms with E-state index in [1.807, 2.05) is 60.2 Å². The minimum absolute atomic E-state index is 0.0972. The molecule has 9 heteroatoms. The first-order valence-corrected chi connectivity index (χ1v) is 15.4. The van der Waals surface area contributed by atoms with Gasteiger partial charge in [-0.25, -0.2) is 0 Å². The molecule has 0 radical (unpaired) electrons. The van der Waals surface area contributed by atoms with Crippen molar-refractivity contribution in [3.8, 4) is 33.4 Å². The van der Waals surface area contributed by atoms with Crippen LogP contribution in [0.3, 0.4) is 0 Å². The summed E-state index contributed by atoms with van der Waals surface area (Å²) in [7, 11) is 3.16. The third-order valence-electron chi connectivity index (χ3n) is 7.94. The maximum atomic E-state index is 13.7. The number of hydrogen-bond acceptors (Lipinski definition) is 8. The molecular formula is C35H34N2O6S. The number of nitrogens with zero attached hydrogens (tertiary/aromatic N) is 2. The molecule has 226 valence electrons. The summed E-state index contributed by atoms with van der Waals surface area (Å²) in [4.78, 5) is 32.6. The zero-order valence-corrected chi connectivity index (χ0v) is 25.8. The van der Waals surface area contributed by atoms with Gasteiger partial charge in [-0.15, -0.1) is 11.3 Å². The van der Waals surface area contributed by atoms with Gasteiger partial charge in [0.05, 0.1) is 25.3 Å². The van der Waals surface area contributed by atoms with Gasteiger partial charge in [0.15, 0.2) is 27.8 Å². The Labute approximate surface area is 259 Å². The molecule has 0 saturated carbocycles. The SMILES string of the molecule is COc1cc2nccc(Oc3ccc(CC(=O)c4cn(CC5CCOCC5)cc(-c5ccc(C)cc5)c4=O)s3)c2cc1OC. The number of Topliss-reactive ketones (excluding diaryl/α,β-unsaturated/α-hetero) is 1. The minimum Gasteiger partial charge on any atom is -0.493 e. The van der Waals surface area contributed by atoms with Gasteiger partial charge in [0.1, 0.15) is 5.75 Å². The molecule has 0 unspecified atom stereocenters. The van der Waals surface area contributed by atoms with Crippen LogP contribution in [0.2, 0.25) is 0 Å². The largest absolute Gasteiger partial charge is 0.493 e. The molecule has 1 aliphatic heterocycles. The number of ether oxygens (including phenoxy) is 4. The fourth-order valence-corrected chi connectivity index (χ4v) is 6.37. The first-order chi connectivity index (χ1) is 21.4. The Bertz CT molecular complexity index is 1850. The van der Waals surface area contributed by atoms with Crippen LogP contribution < -0.4 is 19.6 Å². The lowest BCUT2D eigenvalue weighted by atomic mass is 9.98. The molecule has 0 amide bonds. The number of thiophene rings is 1. The highest BCUT2D eigenvalue weighted by atomic mass is 32.1. The van der Waals surface area contributed by atoms with E-state index in [1.165, 1.54) is 11.3 Å². The van der Waals surface area contributed by atoms with Crippen molar-refractivity contribution in [2.45, 2.75) is 32.7 Å². The molecule has 44 heavy (non-hydrogen) atoms. The van der Waals surface area contributed by atoms with E-state index in [4.69, 9.17) is 18.9 Å². The second-order valence-electron chi connectivity index (χ2n) is 11.0. The van der Waals surface area contributed by atoms with Crippen LogP contribution >= 0.6 is 11.3 Å². The first-order valence-electron chi connectivity index (χ1n) is 14.6. The number of pyridine rings is 2. The lowest BCUT2D eigenvalue weighted by Gasteiger charge is -2.23. The molecule has 1 fully saturated rings. The highest BCUT2D eigenvalue weighted by Gasteiger charge is 2.20. The standard InChI is InChI=1S/C35H34N2O6S/c1-22-4-6-24(7-5-22)27-20-37(19-23-11-14-42-15-12-23)21-28(35(27)39)30(38)16-25-8-9-34(44-25)43-31-10-13-36-29-18-33(41-3)32(40-2)17-26(29)31/h4-10,13,17-18,20-21,23H,11-12,14-16,19H2,1-3H3. The number of carbonyl (C=O) groups excluding carboxylic acids is 1. The van der Waals surface area contributed by atoms with Crippen molar-refractivity contribution >= 4 is 28.0 Å². The maximum absolute atomic E-state index is 13.7. The molecule has 5 aromatic rings. The van der Waals surface area contributed by atoms with Crippen molar-refractivity contribution in [2.75, 3.05) is 27.4 Å². The molecule has 1 saturated heterocycles. The number of aromatic nitrogens is 2. The van der Waals surface area contributed by atoms with E-state index < -0.39 is 0 Å². The van der Waals surface area contributed by atoms with E-state index in [9.17, 15) is 9.59 Å². The maximum Gasteiger partial charge on any atom is 0.200 e. The summed E-state index contributed by atoms with van der Waals surface area (Å²) < 4.78 is 24.7. The topological polar surface area (TPSA) is 88.9 Å². The molecule has 0 spiro atoms. The Morgan fingerprint density at radius 1 is 0.977 bits per heavy atom. The molecule has 8 nitrogen and oxygen atoms in total. The Balaban J connectivity index is 1.26. The van der Waals surface area contributed by atoms with Gasteiger partial charge >= 0.3 is 0 Å². The van der Waals surface area contributed by atoms with Gasteiger partial charge in [-0.2, -0.15) is 0 Å². The second-order valence-corrected chi connectivity index (χ2v) is 12.1. The van der Waals surface area contributed by atoms with Crippen molar-refractivity contribution in [1.29, 1.82) is 0 Å². The van der Waals surface area contributed by atoms with E-state index in [2.05, 4.69) is 4.98 Å². The van der Waals surface area contributed by atoms with Crippen molar-refractivity contribution in [2.24, 2.45) is 5.92 Å². The van der Waals surface area contributed by atoms with Crippen LogP contribution in [0.15, 0.2) is 78.0 Å². The van der Waals surface area contributed by atoms with Gasteiger partial charge < -0.3 is 23.5 Å². The number of benzene rings is 2. The van der Waals surface area contributed by atoms with Crippen molar-refractivity contribution in [1.82, 2.24) is 9.55 Å². The van der Waals surface area contributed by atoms with Crippen LogP contribution in [0.25, 0.3) is 22.0 Å². The second kappa shape index (κ2) is 13.0. The lowest BCUT2D eigenvalue weighted by Crippen LogP contribution is -2.24. The van der Waals surface area contributed by atoms with Crippen LogP contribution in [0, 0.1) is 12.8 Å². The van der Waals surface area contributed by atoms with Gasteiger partial charge in [0, 0.05) is 66.7 Å². The normalized spacial score (nSPS) is 13.6. The highest BCUT2D eigenvalue weighted by molar-refractivity contribution is 7.14. The fraction of sp³-hybridized carbons (Fsp3) is 0.286. The molecule has 0 aliphatic carbocycles. The minimum atomic E-state index is -0.247. The number of ketones is 1. The molecule has 0 bridgehead atoms. The van der Waals surface area contributed by atoms with Crippen LogP contribution in [0.1, 0.15) is 33.6 Å². The van der Waals surface area contributed by atoms with Gasteiger partial charge in [0.25, 0.3) is 0 Å². The zero-order valence-electron chi connectivity index (χ0n) is 25.0. The summed E-state index contributed by atoms with van der Waals surface area (Å²) in [6.07, 6.45) is 7.31. The zero-order chi connectivity index (χ0) is 30.6. The van der Waals surface area contributed by atoms with Crippen LogP contribution in [-0.4, -0.2) is 42.8 Å².